The van der Waals surface area contributed by atoms with Gasteiger partial charge < -0.3 is 21.1 Å². The topological polar surface area (TPSA) is 111 Å². The molecule has 0 saturated carbocycles. The number of amides is 2. The van der Waals surface area contributed by atoms with Crippen LogP contribution in [0.4, 0.5) is 20.2 Å². The predicted octanol–water partition coefficient (Wildman–Crippen LogP) is 2.11. The zero-order valence-corrected chi connectivity index (χ0v) is 14.5. The first-order chi connectivity index (χ1) is 12.8. The number of esters is 1. The Morgan fingerprint density at radius 2 is 1.78 bits per heavy atom. The Balaban J connectivity index is 1.77. The minimum absolute atomic E-state index is 0.0257. The van der Waals surface area contributed by atoms with Crippen LogP contribution in [-0.2, 0) is 14.3 Å². The molecule has 0 aliphatic carbocycles. The Kier molecular flexibility index (Phi) is 6.67. The zero-order chi connectivity index (χ0) is 20.0. The van der Waals surface area contributed by atoms with Crippen LogP contribution in [0.1, 0.15) is 10.4 Å². The molecule has 0 unspecified atom stereocenters. The summed E-state index contributed by atoms with van der Waals surface area (Å²) in [5, 5.41) is 4.82. The van der Waals surface area contributed by atoms with Crippen molar-refractivity contribution >= 4 is 40.8 Å². The first-order valence-corrected chi connectivity index (χ1v) is 7.88. The van der Waals surface area contributed by atoms with E-state index in [0.717, 1.165) is 18.2 Å². The summed E-state index contributed by atoms with van der Waals surface area (Å²) in [4.78, 5) is 35.2. The number of benzene rings is 2. The Hall–Kier alpha value is -3.20. The van der Waals surface area contributed by atoms with Crippen molar-refractivity contribution in [3.63, 3.8) is 0 Å². The van der Waals surface area contributed by atoms with Gasteiger partial charge in [0.25, 0.3) is 5.91 Å². The highest BCUT2D eigenvalue weighted by atomic mass is 35.5. The van der Waals surface area contributed by atoms with Crippen LogP contribution in [0.15, 0.2) is 36.4 Å². The van der Waals surface area contributed by atoms with E-state index in [9.17, 15) is 23.2 Å². The molecule has 2 rings (SSSR count). The molecule has 2 aromatic rings. The van der Waals surface area contributed by atoms with Gasteiger partial charge in [0.15, 0.2) is 18.2 Å². The number of anilines is 2. The average Bonchev–Trinajstić information content (AvgIpc) is 2.61. The second-order valence-corrected chi connectivity index (χ2v) is 5.70. The van der Waals surface area contributed by atoms with Crippen molar-refractivity contribution in [3.8, 4) is 0 Å². The van der Waals surface area contributed by atoms with Crippen LogP contribution in [0.3, 0.4) is 0 Å². The molecule has 4 N–H and O–H groups in total. The molecule has 7 nitrogen and oxygen atoms in total. The van der Waals surface area contributed by atoms with E-state index in [0.29, 0.717) is 5.02 Å². The van der Waals surface area contributed by atoms with E-state index in [1.165, 1.54) is 18.2 Å². The highest BCUT2D eigenvalue weighted by molar-refractivity contribution is 6.31. The van der Waals surface area contributed by atoms with Gasteiger partial charge in [-0.2, -0.15) is 0 Å². The molecule has 0 bridgehead atoms. The van der Waals surface area contributed by atoms with E-state index in [4.69, 9.17) is 22.1 Å². The molecule has 0 aliphatic rings. The fraction of sp³-hybridized carbons (Fsp3) is 0.118. The summed E-state index contributed by atoms with van der Waals surface area (Å²) in [6.07, 6.45) is 0. The summed E-state index contributed by atoms with van der Waals surface area (Å²) in [7, 11) is 0. The summed E-state index contributed by atoms with van der Waals surface area (Å²) < 4.78 is 30.6. The van der Waals surface area contributed by atoms with Gasteiger partial charge >= 0.3 is 5.97 Å². The van der Waals surface area contributed by atoms with Crippen molar-refractivity contribution in [2.45, 2.75) is 0 Å². The summed E-state index contributed by atoms with van der Waals surface area (Å²) in [6.45, 7) is -1.10. The van der Waals surface area contributed by atoms with Crippen molar-refractivity contribution in [1.29, 1.82) is 0 Å². The monoisotopic (exact) mass is 397 g/mol. The highest BCUT2D eigenvalue weighted by Crippen LogP contribution is 2.18. The van der Waals surface area contributed by atoms with Gasteiger partial charge in [-0.25, -0.2) is 13.6 Å². The number of halogens is 3. The van der Waals surface area contributed by atoms with Crippen LogP contribution < -0.4 is 16.4 Å². The number of carbonyl (C=O) groups excluding carboxylic acids is 3. The maximum absolute atomic E-state index is 13.0. The van der Waals surface area contributed by atoms with E-state index >= 15 is 0 Å². The Morgan fingerprint density at radius 1 is 1.04 bits per heavy atom. The standard InChI is InChI=1S/C17H14ClF2N3O4/c18-9-1-3-11(14(21)5-9)17(26)27-8-16(25)22-7-15(24)23-10-2-4-12(19)13(20)6-10/h1-6H,7-8,21H2,(H,22,25)(H,23,24). The normalized spacial score (nSPS) is 10.2. The van der Waals surface area contributed by atoms with E-state index in [2.05, 4.69) is 10.6 Å². The molecular formula is C17H14ClF2N3O4. The summed E-state index contributed by atoms with van der Waals surface area (Å²) in [5.41, 5.74) is 5.80. The molecule has 2 amide bonds. The largest absolute Gasteiger partial charge is 0.452 e. The number of hydrogen-bond acceptors (Lipinski definition) is 5. The minimum atomic E-state index is -1.12. The molecule has 2 aromatic carbocycles. The molecule has 0 aliphatic heterocycles. The van der Waals surface area contributed by atoms with Crippen LogP contribution in [-0.4, -0.2) is 30.9 Å². The van der Waals surface area contributed by atoms with Gasteiger partial charge in [0.05, 0.1) is 12.1 Å². The van der Waals surface area contributed by atoms with Gasteiger partial charge in [-0.3, -0.25) is 9.59 Å². The Morgan fingerprint density at radius 3 is 2.44 bits per heavy atom. The highest BCUT2D eigenvalue weighted by Gasteiger charge is 2.14. The second-order valence-electron chi connectivity index (χ2n) is 5.26. The van der Waals surface area contributed by atoms with Gasteiger partial charge in [0.1, 0.15) is 0 Å². The molecule has 0 heterocycles. The zero-order valence-electron chi connectivity index (χ0n) is 13.7. The Labute approximate surface area is 157 Å². The van der Waals surface area contributed by atoms with Crippen molar-refractivity contribution < 1.29 is 27.9 Å². The number of rotatable bonds is 6. The Bertz CT molecular complexity index is 892. The quantitative estimate of drug-likeness (QED) is 0.510. The molecule has 10 heteroatoms. The third kappa shape index (κ3) is 5.93. The van der Waals surface area contributed by atoms with E-state index < -0.39 is 42.6 Å². The number of hydrogen-bond donors (Lipinski definition) is 3. The molecule has 0 spiro atoms. The van der Waals surface area contributed by atoms with Crippen LogP contribution in [0.5, 0.6) is 0 Å². The summed E-state index contributed by atoms with van der Waals surface area (Å²) in [6, 6.07) is 6.97. The van der Waals surface area contributed by atoms with Crippen LogP contribution >= 0.6 is 11.6 Å². The SMILES string of the molecule is Nc1cc(Cl)ccc1C(=O)OCC(=O)NCC(=O)Nc1ccc(F)c(F)c1. The van der Waals surface area contributed by atoms with Crippen LogP contribution in [0.25, 0.3) is 0 Å². The van der Waals surface area contributed by atoms with E-state index in [-0.39, 0.29) is 16.9 Å². The third-order valence-electron chi connectivity index (χ3n) is 3.22. The lowest BCUT2D eigenvalue weighted by Gasteiger charge is -2.09. The predicted molar refractivity (Wildman–Crippen MR) is 94.1 cm³/mol. The van der Waals surface area contributed by atoms with Gasteiger partial charge in [-0.15, -0.1) is 0 Å². The van der Waals surface area contributed by atoms with E-state index in [1.807, 2.05) is 0 Å². The molecule has 0 aromatic heterocycles. The lowest BCUT2D eigenvalue weighted by Crippen LogP contribution is -2.35. The van der Waals surface area contributed by atoms with Crippen molar-refractivity contribution in [2.75, 3.05) is 24.2 Å². The smallest absolute Gasteiger partial charge is 0.340 e. The molecule has 0 radical (unpaired) electrons. The number of nitrogens with two attached hydrogens (primary N) is 1. The van der Waals surface area contributed by atoms with Crippen molar-refractivity contribution in [1.82, 2.24) is 5.32 Å². The maximum Gasteiger partial charge on any atom is 0.340 e. The minimum Gasteiger partial charge on any atom is -0.452 e. The lowest BCUT2D eigenvalue weighted by molar-refractivity contribution is -0.126. The van der Waals surface area contributed by atoms with Gasteiger partial charge in [0.2, 0.25) is 5.91 Å². The molecule has 0 saturated heterocycles. The summed E-state index contributed by atoms with van der Waals surface area (Å²) in [5.74, 6) is -4.42. The first kappa shape index (κ1) is 20.1. The fourth-order valence-corrected chi connectivity index (χ4v) is 2.12. The lowest BCUT2D eigenvalue weighted by atomic mass is 10.2. The van der Waals surface area contributed by atoms with Crippen molar-refractivity contribution in [2.24, 2.45) is 0 Å². The van der Waals surface area contributed by atoms with E-state index in [1.54, 1.807) is 0 Å². The number of nitrogen functional groups attached to an aromatic ring is 1. The van der Waals surface area contributed by atoms with Gasteiger partial charge in [-0.05, 0) is 30.3 Å². The number of nitrogens with one attached hydrogen (secondary N) is 2. The number of ether oxygens (including phenoxy) is 1. The first-order valence-electron chi connectivity index (χ1n) is 7.50. The molecular weight excluding hydrogens is 384 g/mol. The summed E-state index contributed by atoms with van der Waals surface area (Å²) >= 11 is 5.72. The van der Waals surface area contributed by atoms with Crippen molar-refractivity contribution in [3.05, 3.63) is 58.6 Å². The molecule has 142 valence electrons. The number of carbonyl (C=O) groups is 3. The molecule has 0 atom stereocenters. The van der Waals surface area contributed by atoms with Gasteiger partial charge in [-0.1, -0.05) is 11.6 Å². The van der Waals surface area contributed by atoms with Crippen LogP contribution in [0.2, 0.25) is 5.02 Å². The average molecular weight is 398 g/mol. The fourth-order valence-electron chi connectivity index (χ4n) is 1.94. The molecule has 0 fully saturated rings. The van der Waals surface area contributed by atoms with Crippen LogP contribution in [0, 0.1) is 11.6 Å². The third-order valence-corrected chi connectivity index (χ3v) is 3.45. The second kappa shape index (κ2) is 8.95. The van der Waals surface area contributed by atoms with Gasteiger partial charge in [0, 0.05) is 22.5 Å². The maximum atomic E-state index is 13.0. The molecule has 27 heavy (non-hydrogen) atoms.